The van der Waals surface area contributed by atoms with E-state index in [1.54, 1.807) is 6.08 Å². The average Bonchev–Trinajstić information content (AvgIpc) is 1.68. The summed E-state index contributed by atoms with van der Waals surface area (Å²) in [5.41, 5.74) is 6.32. The minimum absolute atomic E-state index is 0.609. The Kier molecular flexibility index (Phi) is 3.33. The fraction of sp³-hybridized carbons (Fsp3) is 0.333. The topological polar surface area (TPSA) is 26.0 Å². The Hall–Kier alpha value is -0.560. The summed E-state index contributed by atoms with van der Waals surface area (Å²) >= 11 is 0. The number of rotatable bonds is 2. The van der Waals surface area contributed by atoms with Gasteiger partial charge in [0, 0.05) is 6.54 Å². The molecule has 40 valence electrons. The molecule has 0 aromatic carbocycles. The van der Waals surface area contributed by atoms with E-state index in [0.29, 0.717) is 6.54 Å². The predicted octanol–water partition coefficient (Wildman–Crippen LogP) is 1.08. The zero-order valence-electron chi connectivity index (χ0n) is 4.65. The maximum atomic E-state index is 5.18. The SMILES string of the molecule is C=C/C(C)=C/CN. The van der Waals surface area contributed by atoms with Crippen molar-refractivity contribution in [3.63, 3.8) is 0 Å². The molecule has 1 nitrogen and oxygen atoms in total. The lowest BCUT2D eigenvalue weighted by Crippen LogP contribution is -1.93. The van der Waals surface area contributed by atoms with Crippen molar-refractivity contribution >= 4 is 0 Å². The fourth-order valence-electron chi connectivity index (χ4n) is 0.269. The molecule has 2 N–H and O–H groups in total. The molecule has 0 spiro atoms. The highest BCUT2D eigenvalue weighted by Crippen LogP contribution is 1.88. The lowest BCUT2D eigenvalue weighted by molar-refractivity contribution is 1.23. The Labute approximate surface area is 44.5 Å². The second-order valence-corrected chi connectivity index (χ2v) is 1.39. The molecule has 0 heterocycles. The molecule has 0 aliphatic rings. The summed E-state index contributed by atoms with van der Waals surface area (Å²) in [5, 5.41) is 0. The summed E-state index contributed by atoms with van der Waals surface area (Å²) in [6.07, 6.45) is 3.71. The number of hydrogen-bond acceptors (Lipinski definition) is 1. The molecule has 0 fully saturated rings. The van der Waals surface area contributed by atoms with Crippen molar-refractivity contribution in [3.05, 3.63) is 24.3 Å². The molecule has 0 aromatic rings. The van der Waals surface area contributed by atoms with Gasteiger partial charge in [0.25, 0.3) is 0 Å². The van der Waals surface area contributed by atoms with Gasteiger partial charge in [-0.25, -0.2) is 0 Å². The lowest BCUT2D eigenvalue weighted by atomic mass is 10.3. The van der Waals surface area contributed by atoms with E-state index in [-0.39, 0.29) is 0 Å². The number of hydrogen-bond donors (Lipinski definition) is 1. The van der Waals surface area contributed by atoms with Crippen molar-refractivity contribution in [2.45, 2.75) is 6.92 Å². The highest BCUT2D eigenvalue weighted by molar-refractivity contribution is 5.12. The first-order valence-corrected chi connectivity index (χ1v) is 2.30. The van der Waals surface area contributed by atoms with E-state index in [9.17, 15) is 0 Å². The van der Waals surface area contributed by atoms with Gasteiger partial charge in [0.05, 0.1) is 0 Å². The summed E-state index contributed by atoms with van der Waals surface area (Å²) in [5.74, 6) is 0. The molecule has 0 rings (SSSR count). The zero-order chi connectivity index (χ0) is 5.70. The Morgan fingerprint density at radius 1 is 1.86 bits per heavy atom. The van der Waals surface area contributed by atoms with Crippen LogP contribution < -0.4 is 5.73 Å². The molecular weight excluding hydrogens is 86.1 g/mol. The van der Waals surface area contributed by atoms with Gasteiger partial charge in [-0.2, -0.15) is 0 Å². The van der Waals surface area contributed by atoms with Crippen LogP contribution in [0.1, 0.15) is 6.92 Å². The van der Waals surface area contributed by atoms with Gasteiger partial charge in [0.15, 0.2) is 0 Å². The molecule has 0 aliphatic heterocycles. The Bertz CT molecular complexity index is 82.2. The Morgan fingerprint density at radius 2 is 2.43 bits per heavy atom. The third-order valence-corrected chi connectivity index (χ3v) is 0.762. The third kappa shape index (κ3) is 3.27. The van der Waals surface area contributed by atoms with Gasteiger partial charge < -0.3 is 5.73 Å². The number of nitrogens with two attached hydrogens (primary N) is 1. The van der Waals surface area contributed by atoms with Crippen molar-refractivity contribution in [1.29, 1.82) is 0 Å². The highest BCUT2D eigenvalue weighted by atomic mass is 14.5. The quantitative estimate of drug-likeness (QED) is 0.512. The second kappa shape index (κ2) is 3.62. The van der Waals surface area contributed by atoms with Crippen LogP contribution in [0.15, 0.2) is 24.3 Å². The second-order valence-electron chi connectivity index (χ2n) is 1.39. The van der Waals surface area contributed by atoms with E-state index in [1.165, 1.54) is 0 Å². The van der Waals surface area contributed by atoms with Crippen LogP contribution in [0.2, 0.25) is 0 Å². The van der Waals surface area contributed by atoms with E-state index in [1.807, 2.05) is 13.0 Å². The van der Waals surface area contributed by atoms with E-state index in [0.717, 1.165) is 5.57 Å². The fourth-order valence-corrected chi connectivity index (χ4v) is 0.269. The largest absolute Gasteiger partial charge is 0.327 e. The molecule has 0 saturated carbocycles. The van der Waals surface area contributed by atoms with E-state index in [2.05, 4.69) is 6.58 Å². The minimum Gasteiger partial charge on any atom is -0.327 e. The molecule has 0 radical (unpaired) electrons. The summed E-state index contributed by atoms with van der Waals surface area (Å²) in [7, 11) is 0. The molecule has 0 unspecified atom stereocenters. The number of allylic oxidation sites excluding steroid dienone is 2. The van der Waals surface area contributed by atoms with Gasteiger partial charge in [-0.15, -0.1) is 0 Å². The van der Waals surface area contributed by atoms with Crippen molar-refractivity contribution in [2.24, 2.45) is 5.73 Å². The normalized spacial score (nSPS) is 11.4. The third-order valence-electron chi connectivity index (χ3n) is 0.762. The molecule has 0 aliphatic carbocycles. The van der Waals surface area contributed by atoms with Crippen molar-refractivity contribution in [3.8, 4) is 0 Å². The lowest BCUT2D eigenvalue weighted by Gasteiger charge is -1.83. The predicted molar refractivity (Wildman–Crippen MR) is 33.0 cm³/mol. The van der Waals surface area contributed by atoms with Gasteiger partial charge >= 0.3 is 0 Å². The molecule has 0 bridgehead atoms. The maximum Gasteiger partial charge on any atom is 0.0112 e. The first kappa shape index (κ1) is 6.44. The van der Waals surface area contributed by atoms with Crippen LogP contribution in [0.4, 0.5) is 0 Å². The monoisotopic (exact) mass is 97.1 g/mol. The minimum atomic E-state index is 0.609. The van der Waals surface area contributed by atoms with Gasteiger partial charge in [-0.3, -0.25) is 0 Å². The van der Waals surface area contributed by atoms with Crippen LogP contribution in [0, 0.1) is 0 Å². The van der Waals surface area contributed by atoms with Gasteiger partial charge in [0.2, 0.25) is 0 Å². The van der Waals surface area contributed by atoms with Crippen LogP contribution in [0.3, 0.4) is 0 Å². The van der Waals surface area contributed by atoms with Crippen molar-refractivity contribution < 1.29 is 0 Å². The van der Waals surface area contributed by atoms with Gasteiger partial charge in [-0.1, -0.05) is 24.3 Å². The smallest absolute Gasteiger partial charge is 0.0112 e. The van der Waals surface area contributed by atoms with Gasteiger partial charge in [0.1, 0.15) is 0 Å². The van der Waals surface area contributed by atoms with Gasteiger partial charge in [-0.05, 0) is 6.92 Å². The molecule has 0 saturated heterocycles. The van der Waals surface area contributed by atoms with E-state index >= 15 is 0 Å². The summed E-state index contributed by atoms with van der Waals surface area (Å²) < 4.78 is 0. The average molecular weight is 97.2 g/mol. The molecular formula is C6H11N. The van der Waals surface area contributed by atoms with Crippen molar-refractivity contribution in [1.82, 2.24) is 0 Å². The molecule has 0 atom stereocenters. The van der Waals surface area contributed by atoms with E-state index < -0.39 is 0 Å². The Balaban J connectivity index is 3.49. The van der Waals surface area contributed by atoms with Crippen molar-refractivity contribution in [2.75, 3.05) is 6.54 Å². The molecule has 1 heteroatoms. The summed E-state index contributed by atoms with van der Waals surface area (Å²) in [4.78, 5) is 0. The van der Waals surface area contributed by atoms with Crippen LogP contribution in [0.5, 0.6) is 0 Å². The first-order chi connectivity index (χ1) is 3.31. The zero-order valence-corrected chi connectivity index (χ0v) is 4.65. The van der Waals surface area contributed by atoms with E-state index in [4.69, 9.17) is 5.73 Å². The molecule has 0 amide bonds. The summed E-state index contributed by atoms with van der Waals surface area (Å²) in [6.45, 7) is 6.14. The summed E-state index contributed by atoms with van der Waals surface area (Å²) in [6, 6.07) is 0. The van der Waals surface area contributed by atoms with Crippen LogP contribution in [-0.2, 0) is 0 Å². The molecule has 0 aromatic heterocycles. The maximum absolute atomic E-state index is 5.18. The Morgan fingerprint density at radius 3 is 2.57 bits per heavy atom. The first-order valence-electron chi connectivity index (χ1n) is 2.30. The molecule has 7 heavy (non-hydrogen) atoms. The van der Waals surface area contributed by atoms with Crippen LogP contribution in [-0.4, -0.2) is 6.54 Å². The van der Waals surface area contributed by atoms with Crippen LogP contribution >= 0.6 is 0 Å². The van der Waals surface area contributed by atoms with Crippen LogP contribution in [0.25, 0.3) is 0 Å². The standard InChI is InChI=1S/C6H11N/c1-3-6(2)4-5-7/h3-4H,1,5,7H2,2H3/b6-4+. The highest BCUT2D eigenvalue weighted by Gasteiger charge is 1.71.